The molecule has 0 saturated carbocycles. The number of ether oxygens (including phenoxy) is 2. The van der Waals surface area contributed by atoms with Gasteiger partial charge < -0.3 is 20.1 Å². The zero-order chi connectivity index (χ0) is 15.1. The number of rotatable bonds is 6. The first kappa shape index (κ1) is 15.8. The van der Waals surface area contributed by atoms with Gasteiger partial charge in [-0.05, 0) is 38.4 Å². The van der Waals surface area contributed by atoms with Gasteiger partial charge in [0, 0.05) is 19.2 Å². The number of carbonyl (C=O) groups excluding carboxylic acids is 1. The molecule has 0 spiro atoms. The van der Waals surface area contributed by atoms with E-state index in [-0.39, 0.29) is 11.9 Å². The Morgan fingerprint density at radius 3 is 2.95 bits per heavy atom. The minimum absolute atomic E-state index is 0.0675. The highest BCUT2D eigenvalue weighted by molar-refractivity contribution is 5.97. The second-order valence-electron chi connectivity index (χ2n) is 5.39. The lowest BCUT2D eigenvalue weighted by molar-refractivity contribution is 0.0918. The zero-order valence-electron chi connectivity index (χ0n) is 12.7. The predicted octanol–water partition coefficient (Wildman–Crippen LogP) is 1.58. The van der Waals surface area contributed by atoms with Gasteiger partial charge in [-0.3, -0.25) is 4.79 Å². The molecule has 1 aliphatic heterocycles. The van der Waals surface area contributed by atoms with Crippen molar-refractivity contribution in [3.8, 4) is 5.75 Å². The molecule has 0 bridgehead atoms. The standard InChI is InChI=1S/C16H24N2O3/c1-12-11-13(7-8-17-12)18-16(19)14-5-3-4-6-15(14)21-10-9-20-2/h3-6,12-13,17H,7-11H2,1-2H3,(H,18,19). The van der Waals surface area contributed by atoms with Crippen LogP contribution >= 0.6 is 0 Å². The molecule has 0 radical (unpaired) electrons. The van der Waals surface area contributed by atoms with E-state index in [2.05, 4.69) is 17.6 Å². The zero-order valence-corrected chi connectivity index (χ0v) is 12.7. The molecule has 2 rings (SSSR count). The van der Waals surface area contributed by atoms with Crippen molar-refractivity contribution in [2.24, 2.45) is 0 Å². The van der Waals surface area contributed by atoms with Crippen LogP contribution in [0, 0.1) is 0 Å². The van der Waals surface area contributed by atoms with E-state index in [1.807, 2.05) is 18.2 Å². The molecule has 1 aromatic carbocycles. The molecule has 21 heavy (non-hydrogen) atoms. The Morgan fingerprint density at radius 2 is 2.19 bits per heavy atom. The Balaban J connectivity index is 1.97. The summed E-state index contributed by atoms with van der Waals surface area (Å²) in [5, 5.41) is 6.49. The van der Waals surface area contributed by atoms with Crippen molar-refractivity contribution in [2.75, 3.05) is 26.9 Å². The first-order valence-electron chi connectivity index (χ1n) is 7.45. The van der Waals surface area contributed by atoms with E-state index >= 15 is 0 Å². The van der Waals surface area contributed by atoms with Gasteiger partial charge in [-0.1, -0.05) is 12.1 Å². The van der Waals surface area contributed by atoms with Gasteiger partial charge in [0.1, 0.15) is 12.4 Å². The first-order valence-corrected chi connectivity index (χ1v) is 7.45. The third-order valence-corrected chi connectivity index (χ3v) is 3.64. The Bertz CT molecular complexity index is 465. The maximum Gasteiger partial charge on any atom is 0.255 e. The lowest BCUT2D eigenvalue weighted by Gasteiger charge is -2.28. The average Bonchev–Trinajstić information content (AvgIpc) is 2.48. The molecule has 0 aromatic heterocycles. The minimum atomic E-state index is -0.0675. The summed E-state index contributed by atoms with van der Waals surface area (Å²) in [6, 6.07) is 7.99. The fourth-order valence-electron chi connectivity index (χ4n) is 2.54. The second-order valence-corrected chi connectivity index (χ2v) is 5.39. The number of benzene rings is 1. The Kier molecular flexibility index (Phi) is 6.02. The van der Waals surface area contributed by atoms with Crippen LogP contribution in [-0.2, 0) is 4.74 Å². The van der Waals surface area contributed by atoms with E-state index in [9.17, 15) is 4.79 Å². The van der Waals surface area contributed by atoms with Crippen LogP contribution < -0.4 is 15.4 Å². The van der Waals surface area contributed by atoms with E-state index in [1.165, 1.54) is 0 Å². The molecule has 116 valence electrons. The average molecular weight is 292 g/mol. The van der Waals surface area contributed by atoms with E-state index in [0.717, 1.165) is 19.4 Å². The highest BCUT2D eigenvalue weighted by atomic mass is 16.5. The smallest absolute Gasteiger partial charge is 0.255 e. The quantitative estimate of drug-likeness (QED) is 0.782. The highest BCUT2D eigenvalue weighted by Crippen LogP contribution is 2.19. The summed E-state index contributed by atoms with van der Waals surface area (Å²) in [4.78, 5) is 12.4. The van der Waals surface area contributed by atoms with Gasteiger partial charge in [-0.2, -0.15) is 0 Å². The number of hydrogen-bond acceptors (Lipinski definition) is 4. The minimum Gasteiger partial charge on any atom is -0.490 e. The van der Waals surface area contributed by atoms with Crippen molar-refractivity contribution < 1.29 is 14.3 Å². The summed E-state index contributed by atoms with van der Waals surface area (Å²) in [5.41, 5.74) is 0.583. The molecular formula is C16H24N2O3. The van der Waals surface area contributed by atoms with Gasteiger partial charge in [0.15, 0.2) is 0 Å². The van der Waals surface area contributed by atoms with Gasteiger partial charge in [-0.25, -0.2) is 0 Å². The summed E-state index contributed by atoms with van der Waals surface area (Å²) in [6.07, 6.45) is 1.92. The summed E-state index contributed by atoms with van der Waals surface area (Å²) in [7, 11) is 1.63. The summed E-state index contributed by atoms with van der Waals surface area (Å²) in [5.74, 6) is 0.538. The number of para-hydroxylation sites is 1. The van der Waals surface area contributed by atoms with Crippen LogP contribution in [0.3, 0.4) is 0 Å². The van der Waals surface area contributed by atoms with Crippen molar-refractivity contribution >= 4 is 5.91 Å². The van der Waals surface area contributed by atoms with Crippen molar-refractivity contribution in [2.45, 2.75) is 31.8 Å². The molecule has 2 unspecified atom stereocenters. The SMILES string of the molecule is COCCOc1ccccc1C(=O)NC1CCNC(C)C1. The Morgan fingerprint density at radius 1 is 1.38 bits per heavy atom. The van der Waals surface area contributed by atoms with Crippen LogP contribution in [0.15, 0.2) is 24.3 Å². The molecule has 1 heterocycles. The molecule has 0 aliphatic carbocycles. The van der Waals surface area contributed by atoms with Crippen LogP contribution in [0.5, 0.6) is 5.75 Å². The third kappa shape index (κ3) is 4.72. The number of methoxy groups -OCH3 is 1. The van der Waals surface area contributed by atoms with E-state index in [1.54, 1.807) is 13.2 Å². The van der Waals surface area contributed by atoms with Crippen LogP contribution in [0.25, 0.3) is 0 Å². The summed E-state index contributed by atoms with van der Waals surface area (Å²) < 4.78 is 10.6. The molecule has 5 nitrogen and oxygen atoms in total. The number of amides is 1. The Labute approximate surface area is 126 Å². The molecular weight excluding hydrogens is 268 g/mol. The molecule has 1 fully saturated rings. The summed E-state index contributed by atoms with van der Waals surface area (Å²) >= 11 is 0. The molecule has 5 heteroatoms. The topological polar surface area (TPSA) is 59.6 Å². The fourth-order valence-corrected chi connectivity index (χ4v) is 2.54. The number of nitrogens with one attached hydrogen (secondary N) is 2. The number of piperidine rings is 1. The molecule has 1 amide bonds. The lowest BCUT2D eigenvalue weighted by Crippen LogP contribution is -2.46. The van der Waals surface area contributed by atoms with Gasteiger partial charge in [-0.15, -0.1) is 0 Å². The van der Waals surface area contributed by atoms with Crippen molar-refractivity contribution in [1.82, 2.24) is 10.6 Å². The molecule has 1 saturated heterocycles. The Hall–Kier alpha value is -1.59. The number of hydrogen-bond donors (Lipinski definition) is 2. The van der Waals surface area contributed by atoms with E-state index in [4.69, 9.17) is 9.47 Å². The van der Waals surface area contributed by atoms with Crippen LogP contribution in [-0.4, -0.2) is 44.9 Å². The number of carbonyl (C=O) groups is 1. The molecule has 1 aromatic rings. The van der Waals surface area contributed by atoms with Crippen LogP contribution in [0.1, 0.15) is 30.1 Å². The van der Waals surface area contributed by atoms with Crippen LogP contribution in [0.2, 0.25) is 0 Å². The second kappa shape index (κ2) is 8.00. The molecule has 2 N–H and O–H groups in total. The van der Waals surface area contributed by atoms with Gasteiger partial charge in [0.2, 0.25) is 0 Å². The third-order valence-electron chi connectivity index (χ3n) is 3.64. The maximum absolute atomic E-state index is 12.4. The van der Waals surface area contributed by atoms with Crippen molar-refractivity contribution in [3.63, 3.8) is 0 Å². The predicted molar refractivity (Wildman–Crippen MR) is 81.8 cm³/mol. The largest absolute Gasteiger partial charge is 0.490 e. The maximum atomic E-state index is 12.4. The van der Waals surface area contributed by atoms with Crippen molar-refractivity contribution in [3.05, 3.63) is 29.8 Å². The monoisotopic (exact) mass is 292 g/mol. The fraction of sp³-hybridized carbons (Fsp3) is 0.562. The van der Waals surface area contributed by atoms with Gasteiger partial charge >= 0.3 is 0 Å². The van der Waals surface area contributed by atoms with E-state index < -0.39 is 0 Å². The summed E-state index contributed by atoms with van der Waals surface area (Å²) in [6.45, 7) is 4.02. The van der Waals surface area contributed by atoms with Gasteiger partial charge in [0.05, 0.1) is 12.2 Å². The van der Waals surface area contributed by atoms with E-state index in [0.29, 0.717) is 30.6 Å². The highest BCUT2D eigenvalue weighted by Gasteiger charge is 2.21. The van der Waals surface area contributed by atoms with Gasteiger partial charge in [0.25, 0.3) is 5.91 Å². The molecule has 2 atom stereocenters. The van der Waals surface area contributed by atoms with Crippen molar-refractivity contribution in [1.29, 1.82) is 0 Å². The first-order chi connectivity index (χ1) is 10.2. The molecule has 1 aliphatic rings. The van der Waals surface area contributed by atoms with Crippen LogP contribution in [0.4, 0.5) is 0 Å². The normalized spacial score (nSPS) is 21.8. The lowest BCUT2D eigenvalue weighted by atomic mass is 10.00.